The highest BCUT2D eigenvalue weighted by Gasteiger charge is 2.29. The number of benzene rings is 1. The second-order valence-electron chi connectivity index (χ2n) is 6.64. The summed E-state index contributed by atoms with van der Waals surface area (Å²) in [5, 5.41) is 5.03. The van der Waals surface area contributed by atoms with Gasteiger partial charge in [0.25, 0.3) is 5.91 Å². The fraction of sp³-hybridized carbons (Fsp3) is 0.421. The van der Waals surface area contributed by atoms with Crippen molar-refractivity contribution < 1.29 is 13.7 Å². The number of carbonyl (C=O) groups excluding carboxylic acids is 1. The van der Waals surface area contributed by atoms with Crippen LogP contribution in [0, 0.1) is 6.92 Å². The standard InChI is InChI=1S/C19H21N3O3/c1-3-17-20-18(21-25-17)13-5-4-8-22(11-13)19(23)16-10-14-9-12(2)6-7-15(14)24-16/h6-7,9-10,13H,3-5,8,11H2,1-2H3/t13-/m1/s1. The van der Waals surface area contributed by atoms with Gasteiger partial charge in [-0.2, -0.15) is 4.98 Å². The average Bonchev–Trinajstić information content (AvgIpc) is 3.27. The lowest BCUT2D eigenvalue weighted by molar-refractivity contribution is 0.0674. The van der Waals surface area contributed by atoms with E-state index in [4.69, 9.17) is 8.94 Å². The molecule has 2 aromatic heterocycles. The zero-order valence-corrected chi connectivity index (χ0v) is 14.5. The van der Waals surface area contributed by atoms with Crippen molar-refractivity contribution in [2.75, 3.05) is 13.1 Å². The molecule has 0 bridgehead atoms. The summed E-state index contributed by atoms with van der Waals surface area (Å²) in [5.41, 5.74) is 1.89. The van der Waals surface area contributed by atoms with E-state index in [2.05, 4.69) is 10.1 Å². The highest BCUT2D eigenvalue weighted by Crippen LogP contribution is 2.27. The highest BCUT2D eigenvalue weighted by molar-refractivity contribution is 5.96. The smallest absolute Gasteiger partial charge is 0.289 e. The molecule has 130 valence electrons. The lowest BCUT2D eigenvalue weighted by Crippen LogP contribution is -2.39. The molecule has 0 N–H and O–H groups in total. The van der Waals surface area contributed by atoms with E-state index in [-0.39, 0.29) is 11.8 Å². The Morgan fingerprint density at radius 3 is 3.04 bits per heavy atom. The van der Waals surface area contributed by atoms with Crippen molar-refractivity contribution in [1.29, 1.82) is 0 Å². The summed E-state index contributed by atoms with van der Waals surface area (Å²) in [6.45, 7) is 5.33. The van der Waals surface area contributed by atoms with Crippen molar-refractivity contribution in [2.45, 2.75) is 39.0 Å². The predicted octanol–water partition coefficient (Wildman–Crippen LogP) is 3.71. The van der Waals surface area contributed by atoms with Gasteiger partial charge in [0.05, 0.1) is 0 Å². The van der Waals surface area contributed by atoms with Crippen LogP contribution in [0.3, 0.4) is 0 Å². The van der Waals surface area contributed by atoms with E-state index in [1.54, 1.807) is 0 Å². The van der Waals surface area contributed by atoms with Gasteiger partial charge in [0.2, 0.25) is 5.89 Å². The largest absolute Gasteiger partial charge is 0.451 e. The van der Waals surface area contributed by atoms with Crippen LogP contribution in [0.5, 0.6) is 0 Å². The normalized spacial score (nSPS) is 18.0. The maximum Gasteiger partial charge on any atom is 0.289 e. The Morgan fingerprint density at radius 2 is 2.24 bits per heavy atom. The van der Waals surface area contributed by atoms with Gasteiger partial charge in [0, 0.05) is 30.8 Å². The van der Waals surface area contributed by atoms with Gasteiger partial charge in [0.1, 0.15) is 5.58 Å². The van der Waals surface area contributed by atoms with Crippen LogP contribution < -0.4 is 0 Å². The monoisotopic (exact) mass is 339 g/mol. The van der Waals surface area contributed by atoms with Crippen molar-refractivity contribution in [3.63, 3.8) is 0 Å². The van der Waals surface area contributed by atoms with Gasteiger partial charge in [-0.25, -0.2) is 0 Å². The van der Waals surface area contributed by atoms with Gasteiger partial charge in [-0.1, -0.05) is 23.7 Å². The highest BCUT2D eigenvalue weighted by atomic mass is 16.5. The molecule has 0 spiro atoms. The van der Waals surface area contributed by atoms with Gasteiger partial charge in [-0.3, -0.25) is 4.79 Å². The molecule has 25 heavy (non-hydrogen) atoms. The molecule has 1 aromatic carbocycles. The molecule has 0 aliphatic carbocycles. The topological polar surface area (TPSA) is 72.4 Å². The first-order valence-electron chi connectivity index (χ1n) is 8.76. The Morgan fingerprint density at radius 1 is 1.36 bits per heavy atom. The van der Waals surface area contributed by atoms with Crippen molar-refractivity contribution >= 4 is 16.9 Å². The minimum Gasteiger partial charge on any atom is -0.451 e. The lowest BCUT2D eigenvalue weighted by Gasteiger charge is -2.30. The van der Waals surface area contributed by atoms with Gasteiger partial charge in [-0.05, 0) is 38.0 Å². The number of aryl methyl sites for hydroxylation is 2. The molecule has 1 aliphatic heterocycles. The molecule has 0 saturated carbocycles. The van der Waals surface area contributed by atoms with E-state index in [9.17, 15) is 4.79 Å². The molecule has 3 aromatic rings. The number of likely N-dealkylation sites (tertiary alicyclic amines) is 1. The third-order valence-corrected chi connectivity index (χ3v) is 4.74. The fourth-order valence-corrected chi connectivity index (χ4v) is 3.37. The lowest BCUT2D eigenvalue weighted by atomic mass is 9.97. The van der Waals surface area contributed by atoms with Crippen LogP contribution in [0.15, 0.2) is 33.2 Å². The maximum atomic E-state index is 12.9. The summed E-state index contributed by atoms with van der Waals surface area (Å²) in [7, 11) is 0. The summed E-state index contributed by atoms with van der Waals surface area (Å²) in [6.07, 6.45) is 2.61. The van der Waals surface area contributed by atoms with Crippen LogP contribution in [0.1, 0.15) is 53.5 Å². The molecule has 1 atom stereocenters. The maximum absolute atomic E-state index is 12.9. The molecule has 0 unspecified atom stereocenters. The van der Waals surface area contributed by atoms with E-state index in [1.807, 2.05) is 43.0 Å². The summed E-state index contributed by atoms with van der Waals surface area (Å²) in [6, 6.07) is 7.75. The zero-order chi connectivity index (χ0) is 17.4. The minimum absolute atomic E-state index is 0.0715. The van der Waals surface area contributed by atoms with Gasteiger partial charge < -0.3 is 13.8 Å². The number of carbonyl (C=O) groups is 1. The summed E-state index contributed by atoms with van der Waals surface area (Å²) < 4.78 is 11.0. The Labute approximate surface area is 145 Å². The second kappa shape index (κ2) is 6.35. The third kappa shape index (κ3) is 3.04. The quantitative estimate of drug-likeness (QED) is 0.727. The van der Waals surface area contributed by atoms with E-state index in [0.717, 1.165) is 42.3 Å². The van der Waals surface area contributed by atoms with Gasteiger partial charge >= 0.3 is 0 Å². The number of amides is 1. The summed E-state index contributed by atoms with van der Waals surface area (Å²) >= 11 is 0. The van der Waals surface area contributed by atoms with E-state index in [1.165, 1.54) is 0 Å². The number of hydrogen-bond acceptors (Lipinski definition) is 5. The van der Waals surface area contributed by atoms with Crippen molar-refractivity contribution in [3.05, 3.63) is 47.3 Å². The third-order valence-electron chi connectivity index (χ3n) is 4.74. The predicted molar refractivity (Wildman–Crippen MR) is 92.5 cm³/mol. The van der Waals surface area contributed by atoms with Crippen LogP contribution in [0.2, 0.25) is 0 Å². The molecular formula is C19H21N3O3. The fourth-order valence-electron chi connectivity index (χ4n) is 3.37. The zero-order valence-electron chi connectivity index (χ0n) is 14.5. The van der Waals surface area contributed by atoms with Crippen molar-refractivity contribution in [2.24, 2.45) is 0 Å². The number of hydrogen-bond donors (Lipinski definition) is 0. The first-order valence-corrected chi connectivity index (χ1v) is 8.76. The number of rotatable bonds is 3. The number of aromatic nitrogens is 2. The Balaban J connectivity index is 1.54. The second-order valence-corrected chi connectivity index (χ2v) is 6.64. The molecule has 1 amide bonds. The molecule has 1 saturated heterocycles. The molecule has 4 rings (SSSR count). The van der Waals surface area contributed by atoms with E-state index < -0.39 is 0 Å². The van der Waals surface area contributed by atoms with Crippen LogP contribution >= 0.6 is 0 Å². The SMILES string of the molecule is CCc1nc([C@@H]2CCCN(C(=O)c3cc4cc(C)ccc4o3)C2)no1. The first-order chi connectivity index (χ1) is 12.1. The summed E-state index contributed by atoms with van der Waals surface area (Å²) in [4.78, 5) is 19.1. The average molecular weight is 339 g/mol. The van der Waals surface area contributed by atoms with Crippen LogP contribution in [0.25, 0.3) is 11.0 Å². The van der Waals surface area contributed by atoms with Crippen LogP contribution in [0.4, 0.5) is 0 Å². The molecule has 0 radical (unpaired) electrons. The van der Waals surface area contributed by atoms with Gasteiger partial charge in [-0.15, -0.1) is 0 Å². The Kier molecular flexibility index (Phi) is 4.03. The first kappa shape index (κ1) is 15.9. The van der Waals surface area contributed by atoms with E-state index in [0.29, 0.717) is 24.0 Å². The van der Waals surface area contributed by atoms with E-state index >= 15 is 0 Å². The molecule has 6 heteroatoms. The van der Waals surface area contributed by atoms with Crippen molar-refractivity contribution in [1.82, 2.24) is 15.0 Å². The molecule has 3 heterocycles. The molecule has 1 aliphatic rings. The van der Waals surface area contributed by atoms with Crippen LogP contribution in [-0.4, -0.2) is 34.0 Å². The minimum atomic E-state index is -0.0715. The number of furan rings is 1. The molecule has 6 nitrogen and oxygen atoms in total. The molecular weight excluding hydrogens is 318 g/mol. The Hall–Kier alpha value is -2.63. The number of fused-ring (bicyclic) bond motifs is 1. The van der Waals surface area contributed by atoms with Crippen LogP contribution in [-0.2, 0) is 6.42 Å². The molecule has 1 fully saturated rings. The van der Waals surface area contributed by atoms with Gasteiger partial charge in [0.15, 0.2) is 11.6 Å². The number of nitrogens with zero attached hydrogens (tertiary/aromatic N) is 3. The number of piperidine rings is 1. The Bertz CT molecular complexity index is 912. The van der Waals surface area contributed by atoms with Crippen molar-refractivity contribution in [3.8, 4) is 0 Å². The summed E-state index contributed by atoms with van der Waals surface area (Å²) in [5.74, 6) is 1.79.